The minimum Gasteiger partial charge on any atom is -1.00 e. The normalized spacial score (nSPS) is 11.2. The first-order chi connectivity index (χ1) is 16.8. The van der Waals surface area contributed by atoms with Gasteiger partial charge < -0.3 is 18.1 Å². The highest BCUT2D eigenvalue weighted by Crippen LogP contribution is 2.37. The summed E-state index contributed by atoms with van der Waals surface area (Å²) in [4.78, 5) is 14.1. The first kappa shape index (κ1) is 25.2. The molecule has 2 aromatic heterocycles. The van der Waals surface area contributed by atoms with E-state index < -0.39 is 0 Å². The molecule has 36 heavy (non-hydrogen) atoms. The van der Waals surface area contributed by atoms with E-state index in [1.165, 1.54) is 0 Å². The molecule has 0 spiro atoms. The van der Waals surface area contributed by atoms with E-state index in [-0.39, 0.29) is 24.8 Å². The highest BCUT2D eigenvalue weighted by atomic mass is 35.5. The van der Waals surface area contributed by atoms with Gasteiger partial charge in [-0.25, -0.2) is 4.98 Å². The summed E-state index contributed by atoms with van der Waals surface area (Å²) in [6, 6.07) is 29.0. The largest absolute Gasteiger partial charge is 1.00 e. The van der Waals surface area contributed by atoms with Gasteiger partial charge >= 0.3 is 0 Å². The van der Waals surface area contributed by atoms with Gasteiger partial charge in [0.05, 0.1) is 34.1 Å². The van der Waals surface area contributed by atoms with Crippen LogP contribution in [0.5, 0.6) is 0 Å². The van der Waals surface area contributed by atoms with E-state index in [9.17, 15) is 0 Å². The van der Waals surface area contributed by atoms with Crippen LogP contribution in [0.3, 0.4) is 0 Å². The maximum absolute atomic E-state index is 5.82. The number of benzene rings is 3. The number of hydrogen-bond acceptors (Lipinski definition) is 4. The van der Waals surface area contributed by atoms with Gasteiger partial charge in [-0.15, -0.1) is 17.4 Å². The Labute approximate surface area is 222 Å². The topological polar surface area (TPSA) is 64.2 Å². The molecule has 0 amide bonds. The number of rotatable bonds is 4. The highest BCUT2D eigenvalue weighted by molar-refractivity contribution is 6.02. The van der Waals surface area contributed by atoms with Crippen molar-refractivity contribution in [2.75, 3.05) is 0 Å². The van der Waals surface area contributed by atoms with Gasteiger partial charge in [-0.2, -0.15) is 0 Å². The molecular weight excluding hydrogens is 487 g/mol. The average Bonchev–Trinajstić information content (AvgIpc) is 2.92. The minimum absolute atomic E-state index is 0. The van der Waals surface area contributed by atoms with E-state index in [2.05, 4.69) is 71.9 Å². The second kappa shape index (κ2) is 10.8. The Bertz CT molecular complexity index is 1580. The maximum atomic E-state index is 5.82. The molecule has 0 atom stereocenters. The van der Waals surface area contributed by atoms with E-state index in [1.54, 1.807) is 6.20 Å². The van der Waals surface area contributed by atoms with Crippen molar-refractivity contribution in [2.45, 2.75) is 6.54 Å². The second-order valence-electron chi connectivity index (χ2n) is 8.20. The smallest absolute Gasteiger partial charge is 0.176 e. The number of pyridine rings is 2. The zero-order valence-corrected chi connectivity index (χ0v) is 20.8. The maximum Gasteiger partial charge on any atom is 0.176 e. The summed E-state index contributed by atoms with van der Waals surface area (Å²) in [5, 5.41) is 1.01. The van der Waals surface area contributed by atoms with Crippen molar-refractivity contribution in [1.29, 1.82) is 0 Å². The lowest BCUT2D eigenvalue weighted by Gasteiger charge is -2.14. The lowest BCUT2D eigenvalue weighted by molar-refractivity contribution is -0.00000679. The SMILES string of the molecule is Cl.NCc1ccc(-c2nc3ccnc(-c4cccc5c4C=CN=[C+]5)c3cc2-c2ccccc2)cc1.[Cl-]. The van der Waals surface area contributed by atoms with E-state index in [4.69, 9.17) is 15.7 Å². The number of halogens is 2. The number of hydrogen-bond donors (Lipinski definition) is 1. The lowest BCUT2D eigenvalue weighted by Crippen LogP contribution is -3.00. The summed E-state index contributed by atoms with van der Waals surface area (Å²) >= 11 is 0. The zero-order valence-electron chi connectivity index (χ0n) is 19.2. The molecule has 5 aromatic rings. The van der Waals surface area contributed by atoms with Crippen LogP contribution in [0.2, 0.25) is 0 Å². The number of aliphatic imine (C=N–C) groups is 1. The Hall–Kier alpha value is -3.92. The third-order valence-electron chi connectivity index (χ3n) is 6.15. The summed E-state index contributed by atoms with van der Waals surface area (Å²) in [6.07, 6.45) is 8.70. The molecule has 3 aromatic carbocycles. The van der Waals surface area contributed by atoms with Gasteiger partial charge in [0, 0.05) is 35.3 Å². The minimum atomic E-state index is 0. The Morgan fingerprint density at radius 3 is 2.36 bits per heavy atom. The summed E-state index contributed by atoms with van der Waals surface area (Å²) < 4.78 is 0. The Kier molecular flexibility index (Phi) is 7.54. The summed E-state index contributed by atoms with van der Waals surface area (Å²) in [5.74, 6) is 0. The van der Waals surface area contributed by atoms with Crippen LogP contribution in [0.4, 0.5) is 0 Å². The molecular formula is C30H22Cl2N4. The third kappa shape index (κ3) is 4.51. The molecule has 6 rings (SSSR count). The van der Waals surface area contributed by atoms with Crippen molar-refractivity contribution in [2.24, 2.45) is 10.7 Å². The summed E-state index contributed by atoms with van der Waals surface area (Å²) in [7, 11) is 0. The van der Waals surface area contributed by atoms with Crippen LogP contribution < -0.4 is 18.1 Å². The van der Waals surface area contributed by atoms with Gasteiger partial charge in [0.1, 0.15) is 12.4 Å². The molecule has 0 saturated carbocycles. The van der Waals surface area contributed by atoms with Crippen molar-refractivity contribution >= 4 is 35.6 Å². The fraction of sp³-hybridized carbons (Fsp3) is 0.0333. The molecule has 0 unspecified atom stereocenters. The number of fused-ring (bicyclic) bond motifs is 2. The highest BCUT2D eigenvalue weighted by Gasteiger charge is 2.20. The van der Waals surface area contributed by atoms with Crippen LogP contribution in [0.15, 0.2) is 102 Å². The van der Waals surface area contributed by atoms with Crippen molar-refractivity contribution in [1.82, 2.24) is 9.97 Å². The van der Waals surface area contributed by atoms with E-state index >= 15 is 0 Å². The van der Waals surface area contributed by atoms with Gasteiger partial charge in [-0.3, -0.25) is 4.98 Å². The predicted octanol–water partition coefficient (Wildman–Crippen LogP) is 3.80. The molecule has 2 N–H and O–H groups in total. The molecule has 1 aliphatic heterocycles. The second-order valence-corrected chi connectivity index (χ2v) is 8.20. The molecule has 0 radical (unpaired) electrons. The van der Waals surface area contributed by atoms with Gasteiger partial charge in [-0.05, 0) is 35.4 Å². The molecule has 176 valence electrons. The first-order valence-corrected chi connectivity index (χ1v) is 11.2. The Morgan fingerprint density at radius 1 is 0.778 bits per heavy atom. The fourth-order valence-corrected chi connectivity index (χ4v) is 4.43. The van der Waals surface area contributed by atoms with Crippen LogP contribution in [0, 0.1) is 0 Å². The molecule has 3 heterocycles. The van der Waals surface area contributed by atoms with Gasteiger partial charge in [0.2, 0.25) is 0 Å². The van der Waals surface area contributed by atoms with Crippen molar-refractivity contribution in [3.05, 3.63) is 114 Å². The van der Waals surface area contributed by atoms with Crippen molar-refractivity contribution in [3.63, 3.8) is 0 Å². The molecule has 0 saturated heterocycles. The Balaban J connectivity index is 0.00000152. The number of nitrogens with two attached hydrogens (primary N) is 1. The van der Waals surface area contributed by atoms with Gasteiger partial charge in [0.15, 0.2) is 5.56 Å². The van der Waals surface area contributed by atoms with E-state index in [1.807, 2.05) is 36.5 Å². The summed E-state index contributed by atoms with van der Waals surface area (Å²) in [6.45, 7) is 0.518. The standard InChI is InChI=1S/C30H21N4.2ClH/c31-18-20-9-11-22(12-10-20)29-26(21-5-2-1-3-6-21)17-27-28(34-29)14-16-33-30(27)25-8-4-7-23-19-32-15-13-24(23)25;;/h1-17H,18,31H2;2*1H/q+1;;/p-1. The van der Waals surface area contributed by atoms with Crippen molar-refractivity contribution < 1.29 is 12.4 Å². The zero-order chi connectivity index (χ0) is 22.9. The fourth-order valence-electron chi connectivity index (χ4n) is 4.43. The molecule has 6 heteroatoms. The molecule has 1 aliphatic rings. The number of aromatic nitrogens is 2. The van der Waals surface area contributed by atoms with Gasteiger partial charge in [-0.1, -0.05) is 54.6 Å². The van der Waals surface area contributed by atoms with Gasteiger partial charge in [0.25, 0.3) is 0 Å². The van der Waals surface area contributed by atoms with Crippen LogP contribution in [-0.4, -0.2) is 16.2 Å². The average molecular weight is 509 g/mol. The first-order valence-electron chi connectivity index (χ1n) is 11.2. The number of nitrogens with zero attached hydrogens (tertiary/aromatic N) is 3. The van der Waals surface area contributed by atoms with Crippen LogP contribution >= 0.6 is 12.4 Å². The third-order valence-corrected chi connectivity index (χ3v) is 6.15. The lowest BCUT2D eigenvalue weighted by atomic mass is 9.93. The molecule has 0 bridgehead atoms. The molecule has 4 nitrogen and oxygen atoms in total. The molecule has 0 fully saturated rings. The molecule has 0 aliphatic carbocycles. The van der Waals surface area contributed by atoms with Crippen molar-refractivity contribution in [3.8, 4) is 33.6 Å². The van der Waals surface area contributed by atoms with E-state index in [0.717, 1.165) is 61.2 Å². The monoisotopic (exact) mass is 508 g/mol. The van der Waals surface area contributed by atoms with Crippen LogP contribution in [0.1, 0.15) is 16.7 Å². The quantitative estimate of drug-likeness (QED) is 0.375. The van der Waals surface area contributed by atoms with E-state index in [0.29, 0.717) is 6.54 Å². The predicted molar refractivity (Wildman–Crippen MR) is 147 cm³/mol. The van der Waals surface area contributed by atoms with Crippen LogP contribution in [-0.2, 0) is 6.54 Å². The van der Waals surface area contributed by atoms with Crippen LogP contribution in [0.25, 0.3) is 50.6 Å². The Morgan fingerprint density at radius 2 is 1.58 bits per heavy atom. The summed E-state index contributed by atoms with van der Waals surface area (Å²) in [5.41, 5.74) is 16.0.